The van der Waals surface area contributed by atoms with Crippen LogP contribution in [0.1, 0.15) is 43.0 Å². The molecule has 1 aliphatic heterocycles. The highest BCUT2D eigenvalue weighted by Gasteiger charge is 2.43. The van der Waals surface area contributed by atoms with Gasteiger partial charge in [0.1, 0.15) is 28.0 Å². The molecule has 2 aliphatic rings. The molecule has 4 rings (SSSR count). The van der Waals surface area contributed by atoms with Crippen molar-refractivity contribution >= 4 is 40.6 Å². The highest BCUT2D eigenvalue weighted by Crippen LogP contribution is 2.52. The fraction of sp³-hybridized carbons (Fsp3) is 0.474. The minimum absolute atomic E-state index is 0.0182. The summed E-state index contributed by atoms with van der Waals surface area (Å²) in [4.78, 5) is 26.8. The number of piperidine rings is 1. The minimum Gasteiger partial charge on any atom is -0.357 e. The average Bonchev–Trinajstić information content (AvgIpc) is 2.62. The number of hydrogen-bond acceptors (Lipinski definition) is 5. The van der Waals surface area contributed by atoms with E-state index in [1.807, 2.05) is 12.1 Å². The van der Waals surface area contributed by atoms with Crippen LogP contribution in [0.4, 0.5) is 11.5 Å². The molecule has 2 fully saturated rings. The SMILES string of the molecule is CC1CC2(CCN(c3ccc(NC(=O)c4c(Cl)ncnc4Cl)cn3)CC2)C1. The first-order valence-electron chi connectivity index (χ1n) is 9.14. The Kier molecular flexibility index (Phi) is 4.95. The molecule has 3 heterocycles. The molecule has 1 saturated heterocycles. The Balaban J connectivity index is 1.39. The lowest BCUT2D eigenvalue weighted by Gasteiger charge is -2.51. The van der Waals surface area contributed by atoms with Gasteiger partial charge in [-0.05, 0) is 49.1 Å². The third kappa shape index (κ3) is 3.73. The first kappa shape index (κ1) is 18.4. The predicted octanol–water partition coefficient (Wildman–Crippen LogP) is 4.45. The van der Waals surface area contributed by atoms with Crippen molar-refractivity contribution < 1.29 is 4.79 Å². The molecule has 1 amide bonds. The van der Waals surface area contributed by atoms with E-state index >= 15 is 0 Å². The number of rotatable bonds is 3. The summed E-state index contributed by atoms with van der Waals surface area (Å²) >= 11 is 11.9. The normalized spacial score (nSPS) is 19.0. The molecular weight excluding hydrogens is 385 g/mol. The summed E-state index contributed by atoms with van der Waals surface area (Å²) in [5.41, 5.74) is 1.21. The summed E-state index contributed by atoms with van der Waals surface area (Å²) < 4.78 is 0. The van der Waals surface area contributed by atoms with E-state index in [0.29, 0.717) is 11.1 Å². The summed E-state index contributed by atoms with van der Waals surface area (Å²) in [5, 5.41) is 2.77. The maximum absolute atomic E-state index is 12.4. The molecule has 0 bridgehead atoms. The number of nitrogens with zero attached hydrogens (tertiary/aromatic N) is 4. The van der Waals surface area contributed by atoms with Gasteiger partial charge < -0.3 is 10.2 Å². The molecule has 2 aromatic heterocycles. The molecule has 1 N–H and O–H groups in total. The van der Waals surface area contributed by atoms with Crippen LogP contribution in [0.25, 0.3) is 0 Å². The van der Waals surface area contributed by atoms with Crippen LogP contribution in [0.15, 0.2) is 24.7 Å². The number of carbonyl (C=O) groups is 1. The molecule has 27 heavy (non-hydrogen) atoms. The molecular formula is C19H21Cl2N5O. The van der Waals surface area contributed by atoms with E-state index in [2.05, 4.69) is 32.1 Å². The summed E-state index contributed by atoms with van der Waals surface area (Å²) in [7, 11) is 0. The Hall–Kier alpha value is -1.92. The lowest BCUT2D eigenvalue weighted by atomic mass is 9.58. The van der Waals surface area contributed by atoms with E-state index in [1.165, 1.54) is 32.0 Å². The molecule has 1 spiro atoms. The second-order valence-corrected chi connectivity index (χ2v) is 8.41. The quantitative estimate of drug-likeness (QED) is 0.763. The van der Waals surface area contributed by atoms with Gasteiger partial charge in [0.15, 0.2) is 0 Å². The fourth-order valence-electron chi connectivity index (χ4n) is 4.41. The highest BCUT2D eigenvalue weighted by atomic mass is 35.5. The number of halogens is 2. The molecule has 0 radical (unpaired) electrons. The van der Waals surface area contributed by atoms with Gasteiger partial charge in [-0.2, -0.15) is 0 Å². The first-order chi connectivity index (χ1) is 13.0. The molecule has 1 saturated carbocycles. The largest absolute Gasteiger partial charge is 0.357 e. The Morgan fingerprint density at radius 2 is 1.81 bits per heavy atom. The van der Waals surface area contributed by atoms with E-state index in [4.69, 9.17) is 23.2 Å². The Bertz CT molecular complexity index is 821. The van der Waals surface area contributed by atoms with Crippen LogP contribution < -0.4 is 10.2 Å². The Morgan fingerprint density at radius 3 is 2.37 bits per heavy atom. The van der Waals surface area contributed by atoms with Gasteiger partial charge in [-0.25, -0.2) is 15.0 Å². The van der Waals surface area contributed by atoms with Gasteiger partial charge >= 0.3 is 0 Å². The third-order valence-electron chi connectivity index (χ3n) is 5.70. The van der Waals surface area contributed by atoms with Gasteiger partial charge in [0.25, 0.3) is 5.91 Å². The van der Waals surface area contributed by atoms with E-state index < -0.39 is 5.91 Å². The number of aromatic nitrogens is 3. The van der Waals surface area contributed by atoms with Gasteiger partial charge in [-0.1, -0.05) is 30.1 Å². The van der Waals surface area contributed by atoms with E-state index in [9.17, 15) is 4.79 Å². The lowest BCUT2D eigenvalue weighted by molar-refractivity contribution is 0.0380. The topological polar surface area (TPSA) is 71.0 Å². The number of hydrogen-bond donors (Lipinski definition) is 1. The zero-order valence-electron chi connectivity index (χ0n) is 15.1. The van der Waals surface area contributed by atoms with Crippen LogP contribution >= 0.6 is 23.2 Å². The van der Waals surface area contributed by atoms with Crippen LogP contribution in [-0.2, 0) is 0 Å². The summed E-state index contributed by atoms with van der Waals surface area (Å²) in [6.45, 7) is 4.42. The average molecular weight is 406 g/mol. The minimum atomic E-state index is -0.459. The van der Waals surface area contributed by atoms with Crippen LogP contribution in [0, 0.1) is 11.3 Å². The molecule has 8 heteroatoms. The van der Waals surface area contributed by atoms with E-state index in [0.717, 1.165) is 24.8 Å². The lowest BCUT2D eigenvalue weighted by Crippen LogP contribution is -2.46. The Labute approximate surface area is 168 Å². The standard InChI is InChI=1S/C19H21Cl2N5O/c1-12-8-19(9-12)4-6-26(7-5-19)14-3-2-13(10-22-14)25-18(27)15-16(20)23-11-24-17(15)21/h2-3,10-12H,4-9H2,1H3,(H,25,27). The monoisotopic (exact) mass is 405 g/mol. The van der Waals surface area contributed by atoms with Crippen molar-refractivity contribution in [1.82, 2.24) is 15.0 Å². The molecule has 142 valence electrons. The highest BCUT2D eigenvalue weighted by molar-refractivity contribution is 6.38. The number of amides is 1. The van der Waals surface area contributed by atoms with Gasteiger partial charge in [0.2, 0.25) is 0 Å². The van der Waals surface area contributed by atoms with Gasteiger partial charge in [0, 0.05) is 13.1 Å². The van der Waals surface area contributed by atoms with Crippen LogP contribution in [0.2, 0.25) is 10.3 Å². The van der Waals surface area contributed by atoms with Gasteiger partial charge in [-0.15, -0.1) is 0 Å². The molecule has 6 nitrogen and oxygen atoms in total. The van der Waals surface area contributed by atoms with Gasteiger partial charge in [0.05, 0.1) is 11.9 Å². The van der Waals surface area contributed by atoms with Crippen LogP contribution in [-0.4, -0.2) is 33.9 Å². The zero-order chi connectivity index (χ0) is 19.0. The summed E-state index contributed by atoms with van der Waals surface area (Å²) in [6.07, 6.45) is 8.07. The zero-order valence-corrected chi connectivity index (χ0v) is 16.6. The fourth-order valence-corrected chi connectivity index (χ4v) is 4.90. The Morgan fingerprint density at radius 1 is 1.15 bits per heavy atom. The van der Waals surface area contributed by atoms with Crippen molar-refractivity contribution in [3.8, 4) is 0 Å². The second kappa shape index (κ2) is 7.24. The number of anilines is 2. The molecule has 0 atom stereocenters. The van der Waals surface area contributed by atoms with Crippen molar-refractivity contribution in [3.05, 3.63) is 40.5 Å². The van der Waals surface area contributed by atoms with Crippen LogP contribution in [0.5, 0.6) is 0 Å². The van der Waals surface area contributed by atoms with Crippen molar-refractivity contribution in [1.29, 1.82) is 0 Å². The maximum Gasteiger partial charge on any atom is 0.261 e. The summed E-state index contributed by atoms with van der Waals surface area (Å²) in [5.74, 6) is 1.36. The van der Waals surface area contributed by atoms with Crippen LogP contribution in [0.3, 0.4) is 0 Å². The molecule has 0 aromatic carbocycles. The second-order valence-electron chi connectivity index (χ2n) is 7.69. The first-order valence-corrected chi connectivity index (χ1v) is 9.90. The van der Waals surface area contributed by atoms with Gasteiger partial charge in [-0.3, -0.25) is 4.79 Å². The van der Waals surface area contributed by atoms with E-state index in [1.54, 1.807) is 6.20 Å². The van der Waals surface area contributed by atoms with E-state index in [-0.39, 0.29) is 15.9 Å². The molecule has 0 unspecified atom stereocenters. The third-order valence-corrected chi connectivity index (χ3v) is 6.27. The number of pyridine rings is 1. The van der Waals surface area contributed by atoms with Crippen molar-refractivity contribution in [3.63, 3.8) is 0 Å². The number of carbonyl (C=O) groups excluding carboxylic acids is 1. The summed E-state index contributed by atoms with van der Waals surface area (Å²) in [6, 6.07) is 3.77. The maximum atomic E-state index is 12.4. The number of nitrogens with one attached hydrogen (secondary N) is 1. The molecule has 2 aromatic rings. The van der Waals surface area contributed by atoms with Crippen molar-refractivity contribution in [2.75, 3.05) is 23.3 Å². The van der Waals surface area contributed by atoms with Crippen molar-refractivity contribution in [2.45, 2.75) is 32.6 Å². The smallest absolute Gasteiger partial charge is 0.261 e. The molecule has 1 aliphatic carbocycles. The predicted molar refractivity (Wildman–Crippen MR) is 107 cm³/mol. The van der Waals surface area contributed by atoms with Crippen molar-refractivity contribution in [2.24, 2.45) is 11.3 Å².